The van der Waals surface area contributed by atoms with Crippen molar-refractivity contribution in [2.45, 2.75) is 31.4 Å². The summed E-state index contributed by atoms with van der Waals surface area (Å²) in [6.07, 6.45) is 1.35. The minimum absolute atomic E-state index is 0.0504. The largest absolute Gasteiger partial charge is 0.293 e. The van der Waals surface area contributed by atoms with Crippen LogP contribution < -0.4 is 0 Å². The zero-order valence-electron chi connectivity index (χ0n) is 10.4. The van der Waals surface area contributed by atoms with Gasteiger partial charge in [-0.2, -0.15) is 0 Å². The highest BCUT2D eigenvalue weighted by Crippen LogP contribution is 2.25. The van der Waals surface area contributed by atoms with E-state index in [0.717, 1.165) is 6.07 Å². The average molecular weight is 288 g/mol. The molecule has 3 nitrogen and oxygen atoms in total. The van der Waals surface area contributed by atoms with E-state index in [-0.39, 0.29) is 23.3 Å². The summed E-state index contributed by atoms with van der Waals surface area (Å²) >= 11 is 0. The fraction of sp³-hybridized carbons (Fsp3) is 0.462. The van der Waals surface area contributed by atoms with Gasteiger partial charge in [-0.25, -0.2) is 17.2 Å². The summed E-state index contributed by atoms with van der Waals surface area (Å²) in [6, 6.07) is 1.70. The van der Waals surface area contributed by atoms with E-state index in [9.17, 15) is 22.0 Å². The molecule has 0 radical (unpaired) electrons. The molecule has 0 aliphatic carbocycles. The molecule has 1 aliphatic rings. The van der Waals surface area contributed by atoms with Crippen LogP contribution in [0.15, 0.2) is 12.1 Å². The molecule has 0 amide bonds. The van der Waals surface area contributed by atoms with Gasteiger partial charge in [-0.1, -0.05) is 6.42 Å². The van der Waals surface area contributed by atoms with E-state index in [0.29, 0.717) is 18.9 Å². The molecule has 1 heterocycles. The molecule has 0 bridgehead atoms. The molecule has 0 aromatic heterocycles. The number of halogens is 2. The first-order valence-corrected chi connectivity index (χ1v) is 7.76. The van der Waals surface area contributed by atoms with Gasteiger partial charge >= 0.3 is 0 Å². The highest BCUT2D eigenvalue weighted by atomic mass is 32.2. The molecule has 1 atom stereocenters. The van der Waals surface area contributed by atoms with E-state index >= 15 is 0 Å². The summed E-state index contributed by atoms with van der Waals surface area (Å²) in [7, 11) is -3.52. The molecule has 1 saturated heterocycles. The Labute approximate surface area is 110 Å². The van der Waals surface area contributed by atoms with Crippen LogP contribution in [0, 0.1) is 18.6 Å². The first kappa shape index (κ1) is 14.1. The molecule has 0 saturated carbocycles. The van der Waals surface area contributed by atoms with Gasteiger partial charge in [0, 0.05) is 6.07 Å². The van der Waals surface area contributed by atoms with Crippen molar-refractivity contribution >= 4 is 15.6 Å². The van der Waals surface area contributed by atoms with Gasteiger partial charge in [0.15, 0.2) is 15.6 Å². The quantitative estimate of drug-likeness (QED) is 0.785. The Bertz CT molecular complexity index is 623. The van der Waals surface area contributed by atoms with Crippen LogP contribution in [0.2, 0.25) is 0 Å². The van der Waals surface area contributed by atoms with Crippen molar-refractivity contribution in [3.8, 4) is 0 Å². The number of ketones is 1. The number of hydrogen-bond acceptors (Lipinski definition) is 3. The van der Waals surface area contributed by atoms with Gasteiger partial charge in [0.05, 0.1) is 11.3 Å². The zero-order valence-corrected chi connectivity index (χ0v) is 11.3. The third-order valence-electron chi connectivity index (χ3n) is 3.38. The lowest BCUT2D eigenvalue weighted by molar-refractivity contribution is 0.0977. The predicted molar refractivity (Wildman–Crippen MR) is 66.9 cm³/mol. The second kappa shape index (κ2) is 5.00. The third-order valence-corrected chi connectivity index (χ3v) is 5.56. The number of carbonyl (C=O) groups excluding carboxylic acids is 1. The van der Waals surface area contributed by atoms with Gasteiger partial charge in [-0.15, -0.1) is 0 Å². The van der Waals surface area contributed by atoms with E-state index in [2.05, 4.69) is 0 Å². The van der Waals surface area contributed by atoms with E-state index in [1.807, 2.05) is 0 Å². The van der Waals surface area contributed by atoms with Crippen molar-refractivity contribution in [3.63, 3.8) is 0 Å². The smallest absolute Gasteiger partial charge is 0.183 e. The minimum Gasteiger partial charge on any atom is -0.293 e. The molecule has 104 valence electrons. The summed E-state index contributed by atoms with van der Waals surface area (Å²) < 4.78 is 50.5. The summed E-state index contributed by atoms with van der Waals surface area (Å²) in [5.41, 5.74) is -0.215. The molecule has 1 aromatic rings. The Balaban J connectivity index is 2.42. The van der Waals surface area contributed by atoms with Crippen molar-refractivity contribution in [2.75, 3.05) is 5.75 Å². The number of sulfone groups is 1. The lowest BCUT2D eigenvalue weighted by Gasteiger charge is -2.21. The molecule has 1 aromatic carbocycles. The monoisotopic (exact) mass is 288 g/mol. The van der Waals surface area contributed by atoms with Gasteiger partial charge in [-0.05, 0) is 31.4 Å². The fourth-order valence-electron chi connectivity index (χ4n) is 2.27. The van der Waals surface area contributed by atoms with Crippen LogP contribution in [0.1, 0.15) is 35.2 Å². The number of Topliss-reactive ketones (excluding diaryl/α,β-unsaturated/α-hetero) is 1. The Morgan fingerprint density at radius 1 is 1.21 bits per heavy atom. The molecule has 1 aliphatic heterocycles. The van der Waals surface area contributed by atoms with Gasteiger partial charge in [0.1, 0.15) is 16.9 Å². The van der Waals surface area contributed by atoms with Gasteiger partial charge in [0.25, 0.3) is 0 Å². The summed E-state index contributed by atoms with van der Waals surface area (Å²) in [6.45, 7) is 1.40. The van der Waals surface area contributed by atoms with E-state index in [1.54, 1.807) is 0 Å². The van der Waals surface area contributed by atoms with Gasteiger partial charge in [0.2, 0.25) is 0 Å². The molecule has 0 N–H and O–H groups in total. The Morgan fingerprint density at radius 2 is 1.89 bits per heavy atom. The molecular weight excluding hydrogens is 274 g/mol. The maximum Gasteiger partial charge on any atom is 0.183 e. The van der Waals surface area contributed by atoms with Crippen LogP contribution in [0.5, 0.6) is 0 Å². The number of carbonyl (C=O) groups is 1. The lowest BCUT2D eigenvalue weighted by atomic mass is 10.0. The first-order valence-electron chi connectivity index (χ1n) is 6.04. The zero-order chi connectivity index (χ0) is 14.2. The maximum atomic E-state index is 13.6. The highest BCUT2D eigenvalue weighted by molar-refractivity contribution is 7.92. The number of rotatable bonds is 2. The standard InChI is InChI=1S/C13H14F2O3S/c1-8-6-9(11(15)7-10(8)14)13(16)12-4-2-3-5-19(12,17)18/h6-7,12H,2-5H2,1H3. The van der Waals surface area contributed by atoms with Crippen LogP contribution >= 0.6 is 0 Å². The van der Waals surface area contributed by atoms with Crippen LogP contribution in [0.4, 0.5) is 8.78 Å². The molecule has 0 spiro atoms. The Morgan fingerprint density at radius 3 is 2.53 bits per heavy atom. The fourth-order valence-corrected chi connectivity index (χ4v) is 4.14. The van der Waals surface area contributed by atoms with Crippen LogP contribution in [-0.4, -0.2) is 25.2 Å². The second-order valence-corrected chi connectivity index (χ2v) is 7.10. The summed E-state index contributed by atoms with van der Waals surface area (Å²) in [5.74, 6) is -2.57. The Kier molecular flexibility index (Phi) is 3.71. The van der Waals surface area contributed by atoms with E-state index in [4.69, 9.17) is 0 Å². The van der Waals surface area contributed by atoms with Crippen LogP contribution in [0.25, 0.3) is 0 Å². The topological polar surface area (TPSA) is 51.2 Å². The lowest BCUT2D eigenvalue weighted by Crippen LogP contribution is -2.36. The molecular formula is C13H14F2O3S. The van der Waals surface area contributed by atoms with Crippen molar-refractivity contribution in [1.82, 2.24) is 0 Å². The predicted octanol–water partition coefficient (Wildman–Crippen LogP) is 2.42. The van der Waals surface area contributed by atoms with E-state index < -0.39 is 32.5 Å². The molecule has 6 heteroatoms. The molecule has 2 rings (SSSR count). The van der Waals surface area contributed by atoms with Crippen molar-refractivity contribution < 1.29 is 22.0 Å². The second-order valence-electron chi connectivity index (χ2n) is 4.80. The van der Waals surface area contributed by atoms with E-state index in [1.165, 1.54) is 6.92 Å². The maximum absolute atomic E-state index is 13.6. The number of benzene rings is 1. The molecule has 1 fully saturated rings. The summed E-state index contributed by atoms with van der Waals surface area (Å²) in [5, 5.41) is -1.19. The average Bonchev–Trinajstić information content (AvgIpc) is 2.32. The van der Waals surface area contributed by atoms with Gasteiger partial charge < -0.3 is 0 Å². The molecule has 1 unspecified atom stereocenters. The normalized spacial score (nSPS) is 22.2. The van der Waals surface area contributed by atoms with Crippen molar-refractivity contribution in [3.05, 3.63) is 34.9 Å². The molecule has 19 heavy (non-hydrogen) atoms. The van der Waals surface area contributed by atoms with Crippen molar-refractivity contribution in [2.24, 2.45) is 0 Å². The van der Waals surface area contributed by atoms with Gasteiger partial charge in [-0.3, -0.25) is 4.79 Å². The minimum atomic E-state index is -3.52. The third kappa shape index (κ3) is 2.68. The number of aryl methyl sites for hydroxylation is 1. The summed E-state index contributed by atoms with van der Waals surface area (Å²) in [4.78, 5) is 12.2. The van der Waals surface area contributed by atoms with Crippen molar-refractivity contribution in [1.29, 1.82) is 0 Å². The highest BCUT2D eigenvalue weighted by Gasteiger charge is 2.36. The van der Waals surface area contributed by atoms with Crippen LogP contribution in [0.3, 0.4) is 0 Å². The first-order chi connectivity index (χ1) is 8.83. The Hall–Kier alpha value is -1.30. The number of hydrogen-bond donors (Lipinski definition) is 0. The SMILES string of the molecule is Cc1cc(C(=O)C2CCCCS2(=O)=O)c(F)cc1F. The van der Waals surface area contributed by atoms with Crippen LogP contribution in [-0.2, 0) is 9.84 Å².